The number of likely N-dealkylation sites (N-methyl/N-ethyl adjacent to an activating group) is 1. The van der Waals surface area contributed by atoms with Gasteiger partial charge in [-0.15, -0.1) is 0 Å². The third kappa shape index (κ3) is 3.07. The summed E-state index contributed by atoms with van der Waals surface area (Å²) in [4.78, 5) is 36.0. The molecular weight excluding hydrogens is 358 g/mol. The third-order valence-electron chi connectivity index (χ3n) is 5.36. The number of benzene rings is 1. The summed E-state index contributed by atoms with van der Waals surface area (Å²) in [6.07, 6.45) is 0. The van der Waals surface area contributed by atoms with Gasteiger partial charge in [0.1, 0.15) is 0 Å². The molecule has 1 aromatic rings. The lowest BCUT2D eigenvalue weighted by atomic mass is 10.1. The lowest BCUT2D eigenvalue weighted by molar-refractivity contribution is -0.554. The highest BCUT2D eigenvalue weighted by molar-refractivity contribution is 6.25. The van der Waals surface area contributed by atoms with Gasteiger partial charge in [-0.05, 0) is 19.4 Å². The van der Waals surface area contributed by atoms with E-state index < -0.39 is 6.04 Å². The Balaban J connectivity index is 1.71. The van der Waals surface area contributed by atoms with Gasteiger partial charge in [0.15, 0.2) is 0 Å². The summed E-state index contributed by atoms with van der Waals surface area (Å²) in [7, 11) is 1.69. The Bertz CT molecular complexity index is 841. The number of rotatable bonds is 3. The number of carbonyl (C=O) groups excluding carboxylic acids is 2. The molecule has 148 valence electrons. The molecule has 3 aliphatic rings. The van der Waals surface area contributed by atoms with E-state index in [9.17, 15) is 9.59 Å². The second-order valence-electron chi connectivity index (χ2n) is 7.52. The van der Waals surface area contributed by atoms with E-state index >= 15 is 0 Å². The van der Waals surface area contributed by atoms with Crippen LogP contribution >= 0.6 is 0 Å². The van der Waals surface area contributed by atoms with Crippen LogP contribution in [0.2, 0.25) is 0 Å². The van der Waals surface area contributed by atoms with E-state index in [0.29, 0.717) is 19.0 Å². The fourth-order valence-electron chi connectivity index (χ4n) is 3.91. The van der Waals surface area contributed by atoms with E-state index in [2.05, 4.69) is 4.58 Å². The summed E-state index contributed by atoms with van der Waals surface area (Å²) in [5, 5.41) is 0. The van der Waals surface area contributed by atoms with Crippen LogP contribution in [0, 0.1) is 0 Å². The van der Waals surface area contributed by atoms with E-state index in [1.165, 1.54) is 9.80 Å². The van der Waals surface area contributed by atoms with Crippen LogP contribution in [0.25, 0.3) is 0 Å². The van der Waals surface area contributed by atoms with Gasteiger partial charge in [-0.3, -0.25) is 19.2 Å². The molecule has 8 heteroatoms. The smallest absolute Gasteiger partial charge is 0.375 e. The first-order chi connectivity index (χ1) is 13.5. The fourth-order valence-corrected chi connectivity index (χ4v) is 3.91. The van der Waals surface area contributed by atoms with Gasteiger partial charge >= 0.3 is 12.0 Å². The highest BCUT2D eigenvalue weighted by Gasteiger charge is 2.56. The molecule has 0 bridgehead atoms. The van der Waals surface area contributed by atoms with Gasteiger partial charge in [0, 0.05) is 7.05 Å². The summed E-state index contributed by atoms with van der Waals surface area (Å²) in [5.41, 5.74) is 0.921. The number of amides is 3. The first-order valence-corrected chi connectivity index (χ1v) is 9.68. The number of aliphatic imine (C=N–C) groups is 1. The van der Waals surface area contributed by atoms with Gasteiger partial charge in [0.2, 0.25) is 11.9 Å². The van der Waals surface area contributed by atoms with Crippen molar-refractivity contribution in [3.8, 4) is 0 Å². The highest BCUT2D eigenvalue weighted by atomic mass is 16.5. The Labute approximate surface area is 164 Å². The van der Waals surface area contributed by atoms with E-state index in [1.807, 2.05) is 49.1 Å². The van der Waals surface area contributed by atoms with Crippen LogP contribution in [0.1, 0.15) is 19.4 Å². The molecule has 3 amide bonds. The number of amidine groups is 1. The number of ether oxygens (including phenoxy) is 1. The monoisotopic (exact) mass is 384 g/mol. The number of carbonyl (C=O) groups is 2. The second-order valence-corrected chi connectivity index (χ2v) is 7.52. The first kappa shape index (κ1) is 18.6. The molecule has 3 heterocycles. The van der Waals surface area contributed by atoms with Gasteiger partial charge in [-0.1, -0.05) is 35.3 Å². The number of hydrogen-bond acceptors (Lipinski definition) is 3. The van der Waals surface area contributed by atoms with Gasteiger partial charge in [0.05, 0.1) is 38.9 Å². The van der Waals surface area contributed by atoms with Crippen molar-refractivity contribution in [3.63, 3.8) is 0 Å². The van der Waals surface area contributed by atoms with E-state index in [1.54, 1.807) is 7.05 Å². The van der Waals surface area contributed by atoms with Crippen molar-refractivity contribution < 1.29 is 18.9 Å². The second kappa shape index (κ2) is 7.35. The largest absolute Gasteiger partial charge is 0.392 e. The van der Waals surface area contributed by atoms with Crippen molar-refractivity contribution in [3.05, 3.63) is 35.9 Å². The zero-order chi connectivity index (χ0) is 19.8. The number of nitrogens with zero attached hydrogens (tertiary/aromatic N) is 5. The number of fused-ring (bicyclic) bond motifs is 1. The summed E-state index contributed by atoms with van der Waals surface area (Å²) < 4.78 is 7.60. The molecule has 28 heavy (non-hydrogen) atoms. The minimum Gasteiger partial charge on any atom is -0.375 e. The first-order valence-electron chi connectivity index (χ1n) is 9.68. The Morgan fingerprint density at radius 1 is 1.18 bits per heavy atom. The molecule has 0 N–H and O–H groups in total. The number of urea groups is 1. The van der Waals surface area contributed by atoms with E-state index in [-0.39, 0.29) is 24.5 Å². The summed E-state index contributed by atoms with van der Waals surface area (Å²) in [6.45, 7) is 7.06. The minimum absolute atomic E-state index is 0.0632. The molecule has 8 nitrogen and oxygen atoms in total. The molecule has 1 atom stereocenters. The van der Waals surface area contributed by atoms with Crippen molar-refractivity contribution in [1.29, 1.82) is 0 Å². The predicted octanol–water partition coefficient (Wildman–Crippen LogP) is 0.970. The third-order valence-corrected chi connectivity index (χ3v) is 5.36. The molecule has 2 saturated heterocycles. The maximum Gasteiger partial charge on any atom is 0.392 e. The van der Waals surface area contributed by atoms with Crippen LogP contribution in [0.3, 0.4) is 0 Å². The van der Waals surface area contributed by atoms with Crippen molar-refractivity contribution in [1.82, 2.24) is 14.7 Å². The van der Waals surface area contributed by atoms with Gasteiger partial charge < -0.3 is 4.74 Å². The molecule has 0 radical (unpaired) electrons. The van der Waals surface area contributed by atoms with Gasteiger partial charge in [-0.2, -0.15) is 0 Å². The van der Waals surface area contributed by atoms with Crippen LogP contribution in [0.4, 0.5) is 4.79 Å². The normalized spacial score (nSPS) is 22.9. The fraction of sp³-hybridized carbons (Fsp3) is 0.500. The zero-order valence-electron chi connectivity index (χ0n) is 16.5. The average Bonchev–Trinajstić information content (AvgIpc) is 3.12. The van der Waals surface area contributed by atoms with Crippen LogP contribution in [-0.4, -0.2) is 88.4 Å². The van der Waals surface area contributed by atoms with E-state index in [4.69, 9.17) is 9.73 Å². The molecule has 1 unspecified atom stereocenters. The molecule has 0 spiro atoms. The van der Waals surface area contributed by atoms with Crippen molar-refractivity contribution in [2.75, 3.05) is 33.4 Å². The molecule has 4 rings (SSSR count). The highest BCUT2D eigenvalue weighted by Crippen LogP contribution is 2.26. The van der Waals surface area contributed by atoms with Crippen molar-refractivity contribution in [2.24, 2.45) is 4.99 Å². The van der Waals surface area contributed by atoms with Crippen LogP contribution in [0.5, 0.6) is 0 Å². The SMILES string of the molecule is CC(C)N1C(=[N+]2CCOCC2)N=C2C1C(=O)N(Cc1ccccc1)C(=O)N2C. The Kier molecular flexibility index (Phi) is 4.89. The summed E-state index contributed by atoms with van der Waals surface area (Å²) >= 11 is 0. The standard InChI is InChI=1S/C20H26N5O3/c1-14(2)25-16-17(21-19(25)23-9-11-28-12-10-23)22(3)20(27)24(18(16)26)13-15-7-5-4-6-8-15/h4-8,14,16H,9-13H2,1-3H3/q+1. The average molecular weight is 384 g/mol. The van der Waals surface area contributed by atoms with Crippen molar-refractivity contribution in [2.45, 2.75) is 32.5 Å². The van der Waals surface area contributed by atoms with Crippen molar-refractivity contribution >= 4 is 23.7 Å². The Morgan fingerprint density at radius 3 is 2.50 bits per heavy atom. The number of hydrogen-bond donors (Lipinski definition) is 0. The maximum atomic E-state index is 13.4. The Hall–Kier alpha value is -2.74. The predicted molar refractivity (Wildman–Crippen MR) is 104 cm³/mol. The Morgan fingerprint density at radius 2 is 1.86 bits per heavy atom. The molecule has 0 aliphatic carbocycles. The molecular formula is C20H26N5O3+. The topological polar surface area (TPSA) is 68.5 Å². The minimum atomic E-state index is -0.579. The van der Waals surface area contributed by atoms with Crippen LogP contribution < -0.4 is 0 Å². The maximum absolute atomic E-state index is 13.4. The number of guanidine groups is 1. The quantitative estimate of drug-likeness (QED) is 0.729. The number of morpholine rings is 1. The summed E-state index contributed by atoms with van der Waals surface area (Å²) in [6, 6.07) is 8.72. The van der Waals surface area contributed by atoms with E-state index in [0.717, 1.165) is 24.6 Å². The molecule has 0 saturated carbocycles. The molecule has 2 fully saturated rings. The van der Waals surface area contributed by atoms with Gasteiger partial charge in [-0.25, -0.2) is 9.69 Å². The molecule has 3 aliphatic heterocycles. The zero-order valence-corrected chi connectivity index (χ0v) is 16.5. The molecule has 0 aromatic heterocycles. The number of imide groups is 1. The van der Waals surface area contributed by atoms with Crippen LogP contribution in [-0.2, 0) is 16.1 Å². The lowest BCUT2D eigenvalue weighted by Gasteiger charge is -2.36. The van der Waals surface area contributed by atoms with Gasteiger partial charge in [0.25, 0.3) is 5.91 Å². The molecule has 1 aromatic carbocycles. The lowest BCUT2D eigenvalue weighted by Crippen LogP contribution is -2.64. The van der Waals surface area contributed by atoms with Crippen LogP contribution in [0.15, 0.2) is 35.3 Å². The summed E-state index contributed by atoms with van der Waals surface area (Å²) in [5.74, 6) is 1.05.